The van der Waals surface area contributed by atoms with Gasteiger partial charge in [0.2, 0.25) is 6.17 Å². The molecule has 0 aliphatic heterocycles. The van der Waals surface area contributed by atoms with Gasteiger partial charge in [-0.05, 0) is 5.56 Å². The fourth-order valence-electron chi connectivity index (χ4n) is 0.882. The third-order valence-corrected chi connectivity index (χ3v) is 1.62. The Hall–Kier alpha value is -1.45. The maximum atomic E-state index is 12.4. The van der Waals surface area contributed by atoms with E-state index in [1.54, 1.807) is 24.3 Å². The molecule has 0 amide bonds. The van der Waals surface area contributed by atoms with Crippen molar-refractivity contribution in [3.8, 4) is 0 Å². The topological polar surface area (TPSA) is 26.3 Å². The van der Waals surface area contributed by atoms with E-state index in [0.29, 0.717) is 0 Å². The van der Waals surface area contributed by atoms with E-state index in [-0.39, 0.29) is 6.61 Å². The molecule has 14 heavy (non-hydrogen) atoms. The minimum Gasteiger partial charge on any atom is -0.459 e. The van der Waals surface area contributed by atoms with Crippen LogP contribution in [-0.2, 0) is 16.1 Å². The van der Waals surface area contributed by atoms with Gasteiger partial charge >= 0.3 is 5.97 Å². The number of ether oxygens (including phenoxy) is 1. The summed E-state index contributed by atoms with van der Waals surface area (Å²) in [6.07, 6.45) is -2.17. The van der Waals surface area contributed by atoms with Gasteiger partial charge in [-0.25, -0.2) is 13.6 Å². The van der Waals surface area contributed by atoms with Crippen LogP contribution in [0.3, 0.4) is 0 Å². The van der Waals surface area contributed by atoms with E-state index in [4.69, 9.17) is 0 Å². The van der Waals surface area contributed by atoms with E-state index in [9.17, 15) is 13.6 Å². The summed E-state index contributed by atoms with van der Waals surface area (Å²) in [4.78, 5) is 10.7. The Morgan fingerprint density at radius 2 is 2.00 bits per heavy atom. The first-order valence-corrected chi connectivity index (χ1v) is 4.14. The summed E-state index contributed by atoms with van der Waals surface area (Å²) in [5.41, 5.74) is 0.743. The van der Waals surface area contributed by atoms with E-state index in [1.807, 2.05) is 6.07 Å². The average Bonchev–Trinajstić information content (AvgIpc) is 2.26. The summed E-state index contributed by atoms with van der Waals surface area (Å²) in [6.45, 7) is -1.37. The smallest absolute Gasteiger partial charge is 0.343 e. The molecule has 0 aromatic heterocycles. The highest BCUT2D eigenvalue weighted by Crippen LogP contribution is 2.03. The molecule has 4 heteroatoms. The van der Waals surface area contributed by atoms with Crippen molar-refractivity contribution in [3.63, 3.8) is 0 Å². The zero-order valence-corrected chi connectivity index (χ0v) is 7.45. The van der Waals surface area contributed by atoms with Gasteiger partial charge in [0.05, 0.1) is 0 Å². The number of carbonyl (C=O) groups is 1. The van der Waals surface area contributed by atoms with Gasteiger partial charge in [0.15, 0.2) is 0 Å². The second-order valence-electron chi connectivity index (χ2n) is 2.72. The summed E-state index contributed by atoms with van der Waals surface area (Å²) in [7, 11) is 0. The Morgan fingerprint density at radius 1 is 1.36 bits per heavy atom. The van der Waals surface area contributed by atoms with E-state index < -0.39 is 18.8 Å². The first kappa shape index (κ1) is 10.6. The van der Waals surface area contributed by atoms with E-state index in [0.717, 1.165) is 5.56 Å². The largest absolute Gasteiger partial charge is 0.459 e. The molecule has 1 aromatic rings. The third kappa shape index (κ3) is 3.12. The molecule has 1 atom stereocenters. The van der Waals surface area contributed by atoms with E-state index in [1.165, 1.54) is 0 Å². The van der Waals surface area contributed by atoms with Crippen LogP contribution in [0.5, 0.6) is 0 Å². The summed E-state index contributed by atoms with van der Waals surface area (Å²) >= 11 is 0. The highest BCUT2D eigenvalue weighted by Gasteiger charge is 2.18. The minimum absolute atomic E-state index is 0.0277. The average molecular weight is 200 g/mol. The molecule has 0 spiro atoms. The highest BCUT2D eigenvalue weighted by atomic mass is 19.2. The lowest BCUT2D eigenvalue weighted by Gasteiger charge is -2.05. The van der Waals surface area contributed by atoms with Gasteiger partial charge < -0.3 is 4.74 Å². The quantitative estimate of drug-likeness (QED) is 0.695. The number of benzene rings is 1. The zero-order chi connectivity index (χ0) is 10.4. The second kappa shape index (κ2) is 5.32. The lowest BCUT2D eigenvalue weighted by Crippen LogP contribution is -2.20. The Bertz CT molecular complexity index is 287. The van der Waals surface area contributed by atoms with Crippen molar-refractivity contribution in [2.45, 2.75) is 12.8 Å². The van der Waals surface area contributed by atoms with E-state index >= 15 is 0 Å². The number of halogens is 2. The van der Waals surface area contributed by atoms with Gasteiger partial charge in [-0.2, -0.15) is 0 Å². The maximum absolute atomic E-state index is 12.4. The van der Waals surface area contributed by atoms with Crippen LogP contribution in [-0.4, -0.2) is 18.8 Å². The standard InChI is InChI=1S/C10H10F2O2/c11-6-9(12)10(13)14-7-8-4-2-1-3-5-8/h1-5,9H,6-7H2. The number of hydrogen-bond acceptors (Lipinski definition) is 2. The van der Waals surface area contributed by atoms with Crippen LogP contribution < -0.4 is 0 Å². The van der Waals surface area contributed by atoms with Crippen molar-refractivity contribution >= 4 is 5.97 Å². The first-order chi connectivity index (χ1) is 6.74. The first-order valence-electron chi connectivity index (χ1n) is 4.14. The molecule has 0 bridgehead atoms. The number of alkyl halides is 2. The molecule has 1 unspecified atom stereocenters. The lowest BCUT2D eigenvalue weighted by atomic mass is 10.2. The van der Waals surface area contributed by atoms with Crippen LogP contribution >= 0.6 is 0 Å². The van der Waals surface area contributed by atoms with Gasteiger partial charge in [0.25, 0.3) is 0 Å². The molecule has 0 heterocycles. The molecule has 1 rings (SSSR count). The normalized spacial score (nSPS) is 12.1. The molecule has 76 valence electrons. The molecule has 1 aromatic carbocycles. The highest BCUT2D eigenvalue weighted by molar-refractivity contribution is 5.74. The van der Waals surface area contributed by atoms with Crippen molar-refractivity contribution in [1.82, 2.24) is 0 Å². The molecule has 0 aliphatic carbocycles. The molecular formula is C10H10F2O2. The number of esters is 1. The predicted octanol–water partition coefficient (Wildman–Crippen LogP) is 2.04. The molecular weight excluding hydrogens is 190 g/mol. The van der Waals surface area contributed by atoms with Gasteiger partial charge in [-0.1, -0.05) is 30.3 Å². The monoisotopic (exact) mass is 200 g/mol. The number of carbonyl (C=O) groups excluding carboxylic acids is 1. The molecule has 2 nitrogen and oxygen atoms in total. The molecule has 0 fully saturated rings. The Kier molecular flexibility index (Phi) is 4.04. The molecule has 0 aliphatic rings. The van der Waals surface area contributed by atoms with Crippen molar-refractivity contribution in [3.05, 3.63) is 35.9 Å². The molecule has 0 radical (unpaired) electrons. The van der Waals surface area contributed by atoms with Crippen LogP contribution in [0.15, 0.2) is 30.3 Å². The summed E-state index contributed by atoms with van der Waals surface area (Å²) in [6, 6.07) is 8.81. The van der Waals surface area contributed by atoms with Gasteiger partial charge in [-0.3, -0.25) is 0 Å². The van der Waals surface area contributed by atoms with Crippen LogP contribution in [0.2, 0.25) is 0 Å². The SMILES string of the molecule is O=C(OCc1ccccc1)C(F)CF. The summed E-state index contributed by atoms with van der Waals surface area (Å²) in [5, 5.41) is 0. The van der Waals surface area contributed by atoms with Gasteiger partial charge in [0.1, 0.15) is 13.3 Å². The van der Waals surface area contributed by atoms with Crippen molar-refractivity contribution in [2.75, 3.05) is 6.67 Å². The minimum atomic E-state index is -2.17. The van der Waals surface area contributed by atoms with Crippen molar-refractivity contribution in [1.29, 1.82) is 0 Å². The third-order valence-electron chi connectivity index (χ3n) is 1.62. The molecule has 0 saturated heterocycles. The number of hydrogen-bond donors (Lipinski definition) is 0. The van der Waals surface area contributed by atoms with Crippen LogP contribution in [0.4, 0.5) is 8.78 Å². The summed E-state index contributed by atoms with van der Waals surface area (Å²) in [5.74, 6) is -1.16. The Labute approximate surface area is 80.5 Å². The van der Waals surface area contributed by atoms with Crippen molar-refractivity contribution in [2.24, 2.45) is 0 Å². The molecule has 0 N–H and O–H groups in total. The van der Waals surface area contributed by atoms with Crippen LogP contribution in [0, 0.1) is 0 Å². The van der Waals surface area contributed by atoms with Crippen LogP contribution in [0.1, 0.15) is 5.56 Å². The van der Waals surface area contributed by atoms with Gasteiger partial charge in [0, 0.05) is 0 Å². The number of rotatable bonds is 4. The summed E-state index contributed by atoms with van der Waals surface area (Å²) < 4.78 is 28.6. The maximum Gasteiger partial charge on any atom is 0.343 e. The van der Waals surface area contributed by atoms with Gasteiger partial charge in [-0.15, -0.1) is 0 Å². The zero-order valence-electron chi connectivity index (χ0n) is 7.45. The Morgan fingerprint density at radius 3 is 2.57 bits per heavy atom. The second-order valence-corrected chi connectivity index (χ2v) is 2.72. The van der Waals surface area contributed by atoms with E-state index in [2.05, 4.69) is 4.74 Å². The van der Waals surface area contributed by atoms with Crippen molar-refractivity contribution < 1.29 is 18.3 Å². The fourth-order valence-corrected chi connectivity index (χ4v) is 0.882. The predicted molar refractivity (Wildman–Crippen MR) is 47.1 cm³/mol. The lowest BCUT2D eigenvalue weighted by molar-refractivity contribution is -0.151. The fraction of sp³-hybridized carbons (Fsp3) is 0.300. The van der Waals surface area contributed by atoms with Crippen LogP contribution in [0.25, 0.3) is 0 Å². The Balaban J connectivity index is 2.38. The molecule has 0 saturated carbocycles.